The van der Waals surface area contributed by atoms with E-state index in [4.69, 9.17) is 33.3 Å². The van der Waals surface area contributed by atoms with E-state index in [2.05, 4.69) is 0 Å². The van der Waals surface area contributed by atoms with Crippen molar-refractivity contribution in [1.29, 1.82) is 0 Å². The summed E-state index contributed by atoms with van der Waals surface area (Å²) in [7, 11) is -8.27. The molecule has 3 N–H and O–H groups in total. The average molecular weight is 188 g/mol. The van der Waals surface area contributed by atoms with E-state index >= 15 is 0 Å². The summed E-state index contributed by atoms with van der Waals surface area (Å²) in [6.45, 7) is 0. The molecule has 0 atom stereocenters. The third-order valence-electron chi connectivity index (χ3n) is 0. The maximum atomic E-state index is 8.88. The van der Waals surface area contributed by atoms with Gasteiger partial charge in [0.1, 0.15) is 0 Å². The Kier molecular flexibility index (Phi) is 22.5. The molecule has 0 aromatic heterocycles. The molecular weight excluding hydrogens is 185 g/mol. The molecule has 0 aliphatic heterocycles. The minimum Gasteiger partial charge on any atom is -0.672 e. The van der Waals surface area contributed by atoms with Gasteiger partial charge in [-0.25, -0.2) is 4.57 Å². The molecule has 0 unspecified atom stereocenters. The van der Waals surface area contributed by atoms with Crippen LogP contribution in [0.5, 0.6) is 0 Å². The SMILES string of the molecule is O=P(O)(O)O.O=[Si]([O-])[O-].[Li+].[Li+]. The standard InChI is InChI=1S/2Li.H3O4P.O3Si/c;;1-5(2,3)4;1-4(2)3/h;;(H3,1,2,3,4);/q2*+1;;-2. The Morgan fingerprint density at radius 3 is 1.09 bits per heavy atom. The molecule has 0 aliphatic rings. The first kappa shape index (κ1) is 22.7. The molecule has 0 heterocycles. The molecule has 0 fully saturated rings. The van der Waals surface area contributed by atoms with Crippen LogP contribution >= 0.6 is 7.82 Å². The van der Waals surface area contributed by atoms with Crippen molar-refractivity contribution in [3.8, 4) is 0 Å². The van der Waals surface area contributed by atoms with E-state index < -0.39 is 17.0 Å². The van der Waals surface area contributed by atoms with Crippen molar-refractivity contribution in [3.63, 3.8) is 0 Å². The fraction of sp³-hybridized carbons (Fsp3) is 0. The first-order valence-electron chi connectivity index (χ1n) is 1.39. The molecule has 11 heteroatoms. The molecule has 0 saturated heterocycles. The van der Waals surface area contributed by atoms with Crippen molar-refractivity contribution in [2.75, 3.05) is 0 Å². The average Bonchev–Trinajstić information content (AvgIpc) is 1.19. The summed E-state index contributed by atoms with van der Waals surface area (Å²) < 4.78 is 17.4. The summed E-state index contributed by atoms with van der Waals surface area (Å²) in [6.07, 6.45) is 0. The number of hydrogen-bond donors (Lipinski definition) is 3. The van der Waals surface area contributed by atoms with Crippen LogP contribution in [0.15, 0.2) is 0 Å². The molecule has 56 valence electrons. The predicted molar refractivity (Wildman–Crippen MR) is 20.7 cm³/mol. The summed E-state index contributed by atoms with van der Waals surface area (Å²) in [5.41, 5.74) is 0. The van der Waals surface area contributed by atoms with Crippen LogP contribution in [0.25, 0.3) is 0 Å². The van der Waals surface area contributed by atoms with Crippen molar-refractivity contribution in [3.05, 3.63) is 0 Å². The minimum atomic E-state index is -4.64. The van der Waals surface area contributed by atoms with Crippen LogP contribution in [0.2, 0.25) is 0 Å². The van der Waals surface area contributed by atoms with Crippen LogP contribution in [0.4, 0.5) is 0 Å². The smallest absolute Gasteiger partial charge is 0.672 e. The van der Waals surface area contributed by atoms with Crippen LogP contribution in [0.3, 0.4) is 0 Å². The van der Waals surface area contributed by atoms with Gasteiger partial charge in [-0.2, -0.15) is 0 Å². The molecule has 0 aromatic rings. The quantitative estimate of drug-likeness (QED) is 0.253. The number of phosphoric acid groups is 1. The van der Waals surface area contributed by atoms with Gasteiger partial charge < -0.3 is 28.7 Å². The first-order valence-corrected chi connectivity index (χ1v) is 4.18. The Balaban J connectivity index is -0.0000000383. The van der Waals surface area contributed by atoms with E-state index in [0.717, 1.165) is 0 Å². The maximum absolute atomic E-state index is 8.88. The van der Waals surface area contributed by atoms with E-state index in [9.17, 15) is 0 Å². The van der Waals surface area contributed by atoms with Crippen molar-refractivity contribution < 1.29 is 71.0 Å². The summed E-state index contributed by atoms with van der Waals surface area (Å²) in [6, 6.07) is 0. The van der Waals surface area contributed by atoms with Gasteiger partial charge in [-0.15, -0.1) is 0 Å². The number of hydrogen-bond acceptors (Lipinski definition) is 4. The van der Waals surface area contributed by atoms with Crippen LogP contribution < -0.4 is 47.3 Å². The molecular formula is H3Li2O7PSi. The van der Waals surface area contributed by atoms with Crippen molar-refractivity contribution in [2.24, 2.45) is 0 Å². The second kappa shape index (κ2) is 10.9. The second-order valence-electron chi connectivity index (χ2n) is 0.763. The van der Waals surface area contributed by atoms with Crippen molar-refractivity contribution in [2.45, 2.75) is 0 Å². The van der Waals surface area contributed by atoms with Crippen LogP contribution in [0, 0.1) is 0 Å². The number of rotatable bonds is 0. The van der Waals surface area contributed by atoms with Crippen LogP contribution in [0.1, 0.15) is 0 Å². The minimum absolute atomic E-state index is 0. The normalized spacial score (nSPS) is 7.55. The summed E-state index contributed by atoms with van der Waals surface area (Å²) >= 11 is 0. The van der Waals surface area contributed by atoms with E-state index in [-0.39, 0.29) is 37.7 Å². The molecule has 11 heavy (non-hydrogen) atoms. The van der Waals surface area contributed by atoms with E-state index in [0.29, 0.717) is 0 Å². The van der Waals surface area contributed by atoms with E-state index in [1.165, 1.54) is 0 Å². The van der Waals surface area contributed by atoms with E-state index in [1.807, 2.05) is 0 Å². The zero-order valence-corrected chi connectivity index (χ0v) is 7.82. The van der Waals surface area contributed by atoms with Gasteiger partial charge in [0.25, 0.3) is 0 Å². The Morgan fingerprint density at radius 2 is 1.09 bits per heavy atom. The molecule has 0 bridgehead atoms. The van der Waals surface area contributed by atoms with Crippen molar-refractivity contribution >= 4 is 17.0 Å². The van der Waals surface area contributed by atoms with Gasteiger partial charge in [0.05, 0.1) is 0 Å². The summed E-state index contributed by atoms with van der Waals surface area (Å²) in [4.78, 5) is 38.6. The molecule has 0 spiro atoms. The van der Waals surface area contributed by atoms with E-state index in [1.54, 1.807) is 0 Å². The molecule has 0 saturated carbocycles. The van der Waals surface area contributed by atoms with Gasteiger partial charge in [0, 0.05) is 9.17 Å². The zero-order chi connectivity index (χ0) is 8.08. The van der Waals surface area contributed by atoms with Gasteiger partial charge in [-0.3, -0.25) is 0 Å². The van der Waals surface area contributed by atoms with Crippen LogP contribution in [-0.2, 0) is 9.03 Å². The third-order valence-corrected chi connectivity index (χ3v) is 0. The Bertz CT molecular complexity index is 116. The molecule has 0 radical (unpaired) electrons. The monoisotopic (exact) mass is 188 g/mol. The summed E-state index contributed by atoms with van der Waals surface area (Å²) in [5, 5.41) is 0. The topological polar surface area (TPSA) is 141 Å². The fourth-order valence-corrected chi connectivity index (χ4v) is 0. The Hall–Kier alpha value is 0.922. The Labute approximate surface area is 87.9 Å². The Morgan fingerprint density at radius 1 is 1.09 bits per heavy atom. The molecule has 0 rings (SSSR count). The second-order valence-corrected chi connectivity index (χ2v) is 2.29. The predicted octanol–water partition coefficient (Wildman–Crippen LogP) is -9.80. The fourth-order valence-electron chi connectivity index (χ4n) is 0. The molecule has 0 aromatic carbocycles. The largest absolute Gasteiger partial charge is 1.00 e. The van der Waals surface area contributed by atoms with Gasteiger partial charge >= 0.3 is 45.5 Å². The maximum Gasteiger partial charge on any atom is 1.00 e. The molecule has 0 amide bonds. The summed E-state index contributed by atoms with van der Waals surface area (Å²) in [5.74, 6) is 0. The van der Waals surface area contributed by atoms with Gasteiger partial charge in [0.15, 0.2) is 0 Å². The third kappa shape index (κ3) is 1020. The van der Waals surface area contributed by atoms with Crippen molar-refractivity contribution in [1.82, 2.24) is 0 Å². The molecule has 0 aliphatic carbocycles. The van der Waals surface area contributed by atoms with Gasteiger partial charge in [-0.1, -0.05) is 0 Å². The van der Waals surface area contributed by atoms with Crippen LogP contribution in [-0.4, -0.2) is 23.9 Å². The van der Waals surface area contributed by atoms with Gasteiger partial charge in [0.2, 0.25) is 0 Å². The molecule has 7 nitrogen and oxygen atoms in total. The zero-order valence-electron chi connectivity index (χ0n) is 5.92. The first-order chi connectivity index (χ1) is 3.73. The van der Waals surface area contributed by atoms with Gasteiger partial charge in [-0.05, 0) is 0 Å².